The maximum Gasteiger partial charge on any atom is 0.415 e. The largest absolute Gasteiger partial charge is 0.415 e. The second-order valence-corrected chi connectivity index (χ2v) is 15.1. The molecule has 0 aliphatic carbocycles. The molecule has 0 spiro atoms. The van der Waals surface area contributed by atoms with E-state index in [0.717, 1.165) is 0 Å². The first-order valence-corrected chi connectivity index (χ1v) is 13.3. The van der Waals surface area contributed by atoms with Crippen LogP contribution in [-0.2, 0) is 4.74 Å². The Morgan fingerprint density at radius 2 is 1.52 bits per heavy atom. The molecule has 0 aliphatic rings. The number of hydrogen-bond acceptors (Lipinski definition) is 4. The quantitative estimate of drug-likeness (QED) is 0.277. The summed E-state index contributed by atoms with van der Waals surface area (Å²) in [6, 6.07) is 8.51. The second-order valence-electron chi connectivity index (χ2n) is 9.61. The summed E-state index contributed by atoms with van der Waals surface area (Å²) >= 11 is 0. The molecule has 1 amide bonds. The molecule has 1 aromatic rings. The average molecular weight is 420 g/mol. The summed E-state index contributed by atoms with van der Waals surface area (Å²) in [6.07, 6.45) is 0.844. The number of nitrogens with zero attached hydrogens (tertiary/aromatic N) is 1. The van der Waals surface area contributed by atoms with Crippen molar-refractivity contribution in [3.8, 4) is 0 Å². The first-order valence-electron chi connectivity index (χ1n) is 10.2. The smallest absolute Gasteiger partial charge is 0.406 e. The van der Waals surface area contributed by atoms with Crippen LogP contribution in [0.15, 0.2) is 42.2 Å². The summed E-state index contributed by atoms with van der Waals surface area (Å²) in [5.41, 5.74) is -0.431. The molecule has 0 heterocycles. The molecule has 1 rings (SSSR count). The third-order valence-corrected chi connectivity index (χ3v) is 11.3. The summed E-state index contributed by atoms with van der Waals surface area (Å²) in [5.74, 6) is -0.533. The number of benzene rings is 1. The van der Waals surface area contributed by atoms with Crippen molar-refractivity contribution in [1.29, 1.82) is 0 Å². The first-order chi connectivity index (χ1) is 13.2. The lowest BCUT2D eigenvalue weighted by molar-refractivity contribution is 0.0814. The van der Waals surface area contributed by atoms with Crippen LogP contribution < -0.4 is 0 Å². The molecule has 162 valence electrons. The standard InChI is InChI=1S/C23H37NO4Si/c1-16(2)24(17(3)4)22(27)28-19(21(26)18-13-11-10-12-14-18)15-20(25)29(8,9)23(5,6)7/h10-17,20,25H,1-9H3/b19-15-. The normalized spacial score (nSPS) is 14.1. The predicted molar refractivity (Wildman–Crippen MR) is 121 cm³/mol. The van der Waals surface area contributed by atoms with Crippen molar-refractivity contribution in [3.63, 3.8) is 0 Å². The van der Waals surface area contributed by atoms with E-state index >= 15 is 0 Å². The Labute approximate surface area is 176 Å². The molecule has 1 atom stereocenters. The van der Waals surface area contributed by atoms with Crippen molar-refractivity contribution in [2.45, 2.75) is 84.4 Å². The van der Waals surface area contributed by atoms with E-state index in [1.54, 1.807) is 29.2 Å². The van der Waals surface area contributed by atoms with Crippen LogP contribution in [0.5, 0.6) is 0 Å². The summed E-state index contributed by atoms with van der Waals surface area (Å²) < 4.78 is 5.59. The van der Waals surface area contributed by atoms with Gasteiger partial charge in [0.1, 0.15) is 0 Å². The highest BCUT2D eigenvalue weighted by molar-refractivity contribution is 6.81. The zero-order chi connectivity index (χ0) is 22.6. The van der Waals surface area contributed by atoms with E-state index in [0.29, 0.717) is 5.56 Å². The Balaban J connectivity index is 3.36. The van der Waals surface area contributed by atoms with Crippen LogP contribution in [0.2, 0.25) is 18.1 Å². The van der Waals surface area contributed by atoms with Crippen LogP contribution in [0.3, 0.4) is 0 Å². The number of rotatable bonds is 7. The fraction of sp³-hybridized carbons (Fsp3) is 0.565. The molecule has 0 aliphatic heterocycles. The minimum atomic E-state index is -2.22. The number of allylic oxidation sites excluding steroid dienone is 1. The molecule has 1 aromatic carbocycles. The molecular weight excluding hydrogens is 382 g/mol. The highest BCUT2D eigenvalue weighted by Crippen LogP contribution is 2.38. The first kappa shape index (κ1) is 25.1. The van der Waals surface area contributed by atoms with E-state index in [4.69, 9.17) is 4.74 Å². The van der Waals surface area contributed by atoms with Crippen molar-refractivity contribution in [1.82, 2.24) is 4.90 Å². The number of hydrogen-bond donors (Lipinski definition) is 1. The molecule has 0 aromatic heterocycles. The van der Waals surface area contributed by atoms with Crippen LogP contribution in [0.1, 0.15) is 58.8 Å². The van der Waals surface area contributed by atoms with Gasteiger partial charge >= 0.3 is 6.09 Å². The molecule has 29 heavy (non-hydrogen) atoms. The van der Waals surface area contributed by atoms with Gasteiger partial charge in [-0.15, -0.1) is 0 Å². The minimum absolute atomic E-state index is 0.0825. The van der Waals surface area contributed by atoms with Crippen LogP contribution in [0.4, 0.5) is 4.79 Å². The van der Waals surface area contributed by atoms with Gasteiger partial charge in [-0.05, 0) is 38.8 Å². The molecule has 6 heteroatoms. The van der Waals surface area contributed by atoms with Crippen LogP contribution in [0.25, 0.3) is 0 Å². The highest BCUT2D eigenvalue weighted by Gasteiger charge is 2.41. The minimum Gasteiger partial charge on any atom is -0.406 e. The summed E-state index contributed by atoms with van der Waals surface area (Å²) in [5, 5.41) is 10.9. The molecule has 1 unspecified atom stereocenters. The fourth-order valence-corrected chi connectivity index (χ4v) is 4.30. The molecule has 0 bridgehead atoms. The van der Waals surface area contributed by atoms with E-state index < -0.39 is 25.7 Å². The number of aliphatic hydroxyl groups excluding tert-OH is 1. The average Bonchev–Trinajstić information content (AvgIpc) is 2.59. The maximum atomic E-state index is 13.1. The molecule has 0 saturated carbocycles. The number of carbonyl (C=O) groups is 2. The molecule has 1 N–H and O–H groups in total. The lowest BCUT2D eigenvalue weighted by Gasteiger charge is -2.39. The van der Waals surface area contributed by atoms with E-state index in [1.165, 1.54) is 6.08 Å². The van der Waals surface area contributed by atoms with E-state index in [9.17, 15) is 14.7 Å². The topological polar surface area (TPSA) is 66.8 Å². The van der Waals surface area contributed by atoms with Crippen LogP contribution in [0, 0.1) is 0 Å². The molecule has 0 saturated heterocycles. The van der Waals surface area contributed by atoms with E-state index in [2.05, 4.69) is 33.9 Å². The summed E-state index contributed by atoms with van der Waals surface area (Å²) in [4.78, 5) is 27.5. The Morgan fingerprint density at radius 3 is 1.93 bits per heavy atom. The Morgan fingerprint density at radius 1 is 1.03 bits per heavy atom. The van der Waals surface area contributed by atoms with Crippen molar-refractivity contribution in [2.24, 2.45) is 0 Å². The van der Waals surface area contributed by atoms with Crippen LogP contribution in [-0.4, -0.2) is 47.8 Å². The third-order valence-electron chi connectivity index (χ3n) is 5.76. The van der Waals surface area contributed by atoms with Gasteiger partial charge in [0.05, 0.1) is 13.8 Å². The number of carbonyl (C=O) groups excluding carboxylic acids is 2. The Kier molecular flexibility index (Phi) is 8.42. The molecule has 0 fully saturated rings. The van der Waals surface area contributed by atoms with Gasteiger partial charge in [0, 0.05) is 17.6 Å². The monoisotopic (exact) mass is 419 g/mol. The lowest BCUT2D eigenvalue weighted by atomic mass is 10.1. The summed E-state index contributed by atoms with van der Waals surface area (Å²) in [7, 11) is -2.22. The number of ether oxygens (including phenoxy) is 1. The third kappa shape index (κ3) is 6.28. The second kappa shape index (κ2) is 9.72. The van der Waals surface area contributed by atoms with E-state index in [-0.39, 0.29) is 22.9 Å². The number of ketones is 1. The van der Waals surface area contributed by atoms with Gasteiger partial charge in [0.25, 0.3) is 0 Å². The lowest BCUT2D eigenvalue weighted by Crippen LogP contribution is -2.49. The summed E-state index contributed by atoms with van der Waals surface area (Å²) in [6.45, 7) is 18.0. The molecular formula is C23H37NO4Si. The SMILES string of the molecule is CC(C)N(C(=O)O/C(=C\C(O)[Si](C)(C)C(C)(C)C)C(=O)c1ccccc1)C(C)C. The number of Topliss-reactive ketones (excluding diaryl/α,β-unsaturated/α-hetero) is 1. The van der Waals surface area contributed by atoms with Crippen molar-refractivity contribution in [2.75, 3.05) is 0 Å². The number of amides is 1. The fourth-order valence-electron chi connectivity index (χ4n) is 2.85. The maximum absolute atomic E-state index is 13.1. The van der Waals surface area contributed by atoms with Gasteiger partial charge in [-0.2, -0.15) is 0 Å². The predicted octanol–water partition coefficient (Wildman–Crippen LogP) is 5.42. The van der Waals surface area contributed by atoms with Crippen molar-refractivity contribution in [3.05, 3.63) is 47.7 Å². The van der Waals surface area contributed by atoms with Crippen molar-refractivity contribution < 1.29 is 19.4 Å². The van der Waals surface area contributed by atoms with Gasteiger partial charge < -0.3 is 14.7 Å². The Hall–Kier alpha value is -1.92. The zero-order valence-electron chi connectivity index (χ0n) is 19.3. The van der Waals surface area contributed by atoms with Gasteiger partial charge in [0.2, 0.25) is 5.78 Å². The Bertz CT molecular complexity index is 725. The zero-order valence-corrected chi connectivity index (χ0v) is 20.3. The molecule has 5 nitrogen and oxygen atoms in total. The van der Waals surface area contributed by atoms with Gasteiger partial charge in [-0.1, -0.05) is 64.2 Å². The van der Waals surface area contributed by atoms with Gasteiger partial charge in [-0.25, -0.2) is 4.79 Å². The van der Waals surface area contributed by atoms with Crippen LogP contribution >= 0.6 is 0 Å². The van der Waals surface area contributed by atoms with E-state index in [1.807, 2.05) is 33.8 Å². The number of aliphatic hydroxyl groups is 1. The molecule has 0 radical (unpaired) electrons. The van der Waals surface area contributed by atoms with Gasteiger partial charge in [-0.3, -0.25) is 4.79 Å². The van der Waals surface area contributed by atoms with Gasteiger partial charge in [0.15, 0.2) is 5.76 Å². The highest BCUT2D eigenvalue weighted by atomic mass is 28.3. The van der Waals surface area contributed by atoms with Crippen molar-refractivity contribution >= 4 is 20.0 Å².